The van der Waals surface area contributed by atoms with E-state index in [-0.39, 0.29) is 25.5 Å². The van der Waals surface area contributed by atoms with E-state index in [1.807, 2.05) is 6.07 Å². The molecule has 1 saturated heterocycles. The zero-order valence-corrected chi connectivity index (χ0v) is 25.0. The Morgan fingerprint density at radius 2 is 2.02 bits per heavy atom. The SMILES string of the molecule is COc1ccc2nccc([C@H](O)[C@@H](O)CN(CC3CN(c4ccc5c(c4)NC(=O)CS5)C(=O)O3)C(=O)OC(C)(C)C)c2n1. The van der Waals surface area contributed by atoms with E-state index in [9.17, 15) is 24.6 Å². The number of benzene rings is 1. The average Bonchev–Trinajstić information content (AvgIpc) is 3.34. The van der Waals surface area contributed by atoms with Crippen LogP contribution >= 0.6 is 11.8 Å². The Balaban J connectivity index is 1.34. The van der Waals surface area contributed by atoms with Gasteiger partial charge in [-0.05, 0) is 51.1 Å². The standard InChI is InChI=1S/C29H33N5O8S/c1-29(2,3)42-27(38)33(14-21(35)26(37)18-9-10-30-19-6-8-24(40-4)32-25(18)19)12-17-13-34(28(39)41-17)16-5-7-22-20(11-16)31-23(36)15-43-22/h5-11,17,21,26,35,37H,12-15H2,1-4H3,(H,31,36)/t17?,21-,26-/m0/s1. The van der Waals surface area contributed by atoms with E-state index in [4.69, 9.17) is 14.2 Å². The fourth-order valence-corrected chi connectivity index (χ4v) is 5.56. The number of aliphatic hydroxyl groups excluding tert-OH is 2. The number of aromatic nitrogens is 2. The highest BCUT2D eigenvalue weighted by atomic mass is 32.2. The Kier molecular flexibility index (Phi) is 8.62. The molecule has 3 amide bonds. The summed E-state index contributed by atoms with van der Waals surface area (Å²) < 4.78 is 16.3. The number of carbonyl (C=O) groups excluding carboxylic acids is 3. The molecule has 0 aliphatic carbocycles. The molecule has 228 valence electrons. The van der Waals surface area contributed by atoms with Crippen LogP contribution in [0.2, 0.25) is 0 Å². The summed E-state index contributed by atoms with van der Waals surface area (Å²) in [5.74, 6) is 0.509. The van der Waals surface area contributed by atoms with Crippen LogP contribution in [0.25, 0.3) is 11.0 Å². The van der Waals surface area contributed by atoms with Crippen molar-refractivity contribution in [2.45, 2.75) is 49.6 Å². The minimum absolute atomic E-state index is 0.107. The number of aliphatic hydroxyl groups is 2. The number of fused-ring (bicyclic) bond motifs is 2. The Labute approximate surface area is 252 Å². The van der Waals surface area contributed by atoms with E-state index in [2.05, 4.69) is 15.3 Å². The number of rotatable bonds is 8. The lowest BCUT2D eigenvalue weighted by atomic mass is 10.0. The van der Waals surface area contributed by atoms with Gasteiger partial charge in [0.15, 0.2) is 0 Å². The quantitative estimate of drug-likeness (QED) is 0.342. The van der Waals surface area contributed by atoms with Crippen molar-refractivity contribution in [1.82, 2.24) is 14.9 Å². The van der Waals surface area contributed by atoms with Crippen LogP contribution in [0.5, 0.6) is 5.88 Å². The molecule has 13 nitrogen and oxygen atoms in total. The second-order valence-electron chi connectivity index (χ2n) is 11.2. The maximum absolute atomic E-state index is 13.2. The zero-order chi connectivity index (χ0) is 30.9. The molecule has 2 aliphatic heterocycles. The summed E-state index contributed by atoms with van der Waals surface area (Å²) in [5.41, 5.74) is 1.43. The molecule has 3 atom stereocenters. The third kappa shape index (κ3) is 6.92. The smallest absolute Gasteiger partial charge is 0.414 e. The van der Waals surface area contributed by atoms with E-state index < -0.39 is 36.1 Å². The number of amides is 3. The molecule has 43 heavy (non-hydrogen) atoms. The zero-order valence-electron chi connectivity index (χ0n) is 24.1. The van der Waals surface area contributed by atoms with Crippen molar-refractivity contribution in [3.05, 3.63) is 48.2 Å². The summed E-state index contributed by atoms with van der Waals surface area (Å²) in [7, 11) is 1.47. The highest BCUT2D eigenvalue weighted by molar-refractivity contribution is 8.00. The van der Waals surface area contributed by atoms with Crippen molar-refractivity contribution in [3.8, 4) is 5.88 Å². The van der Waals surface area contributed by atoms with E-state index >= 15 is 0 Å². The lowest BCUT2D eigenvalue weighted by Gasteiger charge is -2.31. The Morgan fingerprint density at radius 3 is 2.77 bits per heavy atom. The molecule has 0 radical (unpaired) electrons. The second-order valence-corrected chi connectivity index (χ2v) is 12.2. The highest BCUT2D eigenvalue weighted by Crippen LogP contribution is 2.35. The Hall–Kier alpha value is -4.14. The maximum atomic E-state index is 13.2. The summed E-state index contributed by atoms with van der Waals surface area (Å²) in [5, 5.41) is 25.1. The molecule has 4 heterocycles. The molecule has 2 aromatic heterocycles. The molecular formula is C29H33N5O8S. The molecule has 14 heteroatoms. The number of thioether (sulfide) groups is 1. The van der Waals surface area contributed by atoms with E-state index in [0.29, 0.717) is 39.6 Å². The second kappa shape index (κ2) is 12.2. The predicted molar refractivity (Wildman–Crippen MR) is 158 cm³/mol. The number of hydrogen-bond acceptors (Lipinski definition) is 11. The molecule has 0 bridgehead atoms. The highest BCUT2D eigenvalue weighted by Gasteiger charge is 2.37. The van der Waals surface area contributed by atoms with Crippen molar-refractivity contribution >= 4 is 52.3 Å². The van der Waals surface area contributed by atoms with Crippen molar-refractivity contribution < 1.29 is 38.8 Å². The third-order valence-electron chi connectivity index (χ3n) is 6.75. The lowest BCUT2D eigenvalue weighted by molar-refractivity contribution is -0.113. The molecule has 0 spiro atoms. The van der Waals surface area contributed by atoms with Crippen LogP contribution in [0.1, 0.15) is 32.4 Å². The number of ether oxygens (including phenoxy) is 3. The van der Waals surface area contributed by atoms with Crippen LogP contribution in [0.15, 0.2) is 47.5 Å². The number of cyclic esters (lactones) is 1. The monoisotopic (exact) mass is 611 g/mol. The summed E-state index contributed by atoms with van der Waals surface area (Å²) in [6, 6.07) is 10.2. The molecule has 2 aliphatic rings. The number of hydrogen-bond donors (Lipinski definition) is 3. The third-order valence-corrected chi connectivity index (χ3v) is 7.82. The topological polar surface area (TPSA) is 164 Å². The van der Waals surface area contributed by atoms with Crippen LogP contribution < -0.4 is 15.0 Å². The lowest BCUT2D eigenvalue weighted by Crippen LogP contribution is -2.46. The summed E-state index contributed by atoms with van der Waals surface area (Å²) in [6.07, 6.45) is -3.54. The van der Waals surface area contributed by atoms with Gasteiger partial charge in [0.1, 0.15) is 23.9 Å². The molecule has 0 saturated carbocycles. The Morgan fingerprint density at radius 1 is 1.23 bits per heavy atom. The molecule has 1 fully saturated rings. The van der Waals surface area contributed by atoms with Gasteiger partial charge in [0.25, 0.3) is 0 Å². The van der Waals surface area contributed by atoms with Gasteiger partial charge in [-0.25, -0.2) is 14.6 Å². The fraction of sp³-hybridized carbons (Fsp3) is 0.414. The average molecular weight is 612 g/mol. The van der Waals surface area contributed by atoms with Gasteiger partial charge in [-0.3, -0.25) is 14.7 Å². The van der Waals surface area contributed by atoms with Gasteiger partial charge in [0.2, 0.25) is 11.8 Å². The fourth-order valence-electron chi connectivity index (χ4n) is 4.77. The van der Waals surface area contributed by atoms with Gasteiger partial charge >= 0.3 is 12.2 Å². The molecule has 3 N–H and O–H groups in total. The first-order chi connectivity index (χ1) is 20.4. The van der Waals surface area contributed by atoms with Crippen LogP contribution in [0, 0.1) is 0 Å². The first-order valence-corrected chi connectivity index (χ1v) is 14.6. The first kappa shape index (κ1) is 30.3. The van der Waals surface area contributed by atoms with Crippen molar-refractivity contribution in [1.29, 1.82) is 0 Å². The van der Waals surface area contributed by atoms with E-state index in [1.165, 1.54) is 40.9 Å². The summed E-state index contributed by atoms with van der Waals surface area (Å²) in [4.78, 5) is 50.1. The molecule has 5 rings (SSSR count). The van der Waals surface area contributed by atoms with Crippen molar-refractivity contribution in [3.63, 3.8) is 0 Å². The number of carbonyl (C=O) groups is 3. The summed E-state index contributed by atoms with van der Waals surface area (Å²) >= 11 is 1.41. The number of nitrogens with zero attached hydrogens (tertiary/aromatic N) is 4. The van der Waals surface area contributed by atoms with Gasteiger partial charge in [0.05, 0.1) is 49.2 Å². The molecular weight excluding hydrogens is 578 g/mol. The minimum Gasteiger partial charge on any atom is -0.481 e. The first-order valence-electron chi connectivity index (χ1n) is 13.6. The number of methoxy groups -OCH3 is 1. The number of anilines is 2. The van der Waals surface area contributed by atoms with Crippen molar-refractivity contribution in [2.75, 3.05) is 42.7 Å². The van der Waals surface area contributed by atoms with Gasteiger partial charge in [-0.1, -0.05) is 0 Å². The van der Waals surface area contributed by atoms with Gasteiger partial charge in [-0.2, -0.15) is 0 Å². The minimum atomic E-state index is -1.46. The van der Waals surface area contributed by atoms with Gasteiger partial charge in [0, 0.05) is 28.4 Å². The van der Waals surface area contributed by atoms with Gasteiger partial charge in [-0.15, -0.1) is 11.8 Å². The normalized spacial score (nSPS) is 18.0. The maximum Gasteiger partial charge on any atom is 0.414 e. The van der Waals surface area contributed by atoms with Crippen LogP contribution in [0.4, 0.5) is 21.0 Å². The van der Waals surface area contributed by atoms with Crippen molar-refractivity contribution in [2.24, 2.45) is 0 Å². The van der Waals surface area contributed by atoms with Crippen LogP contribution in [0.3, 0.4) is 0 Å². The van der Waals surface area contributed by atoms with Crippen LogP contribution in [-0.4, -0.2) is 93.5 Å². The number of nitrogens with one attached hydrogen (secondary N) is 1. The molecule has 1 aromatic carbocycles. The largest absolute Gasteiger partial charge is 0.481 e. The van der Waals surface area contributed by atoms with E-state index in [1.54, 1.807) is 45.0 Å². The predicted octanol–water partition coefficient (Wildman–Crippen LogP) is 3.34. The Bertz CT molecular complexity index is 1550. The molecule has 1 unspecified atom stereocenters. The van der Waals surface area contributed by atoms with E-state index in [0.717, 1.165) is 4.90 Å². The number of pyridine rings is 2. The van der Waals surface area contributed by atoms with Crippen LogP contribution in [-0.2, 0) is 14.3 Å². The van der Waals surface area contributed by atoms with Gasteiger partial charge < -0.3 is 34.6 Å². The summed E-state index contributed by atoms with van der Waals surface area (Å²) in [6.45, 7) is 4.79. The molecule has 3 aromatic rings.